The lowest BCUT2D eigenvalue weighted by Crippen LogP contribution is -2.43. The number of carbonyl (C=O) groups is 1. The van der Waals surface area contributed by atoms with Crippen molar-refractivity contribution >= 4 is 17.5 Å². The van der Waals surface area contributed by atoms with Crippen LogP contribution in [0.15, 0.2) is 12.1 Å². The fraction of sp³-hybridized carbons (Fsp3) is 0.562. The highest BCUT2D eigenvalue weighted by Crippen LogP contribution is 2.26. The SMILES string of the molecule is Cc1cc(Cl)c(C(=O)N2CCCC(C(C)O)C2)cc1C. The van der Waals surface area contributed by atoms with Gasteiger partial charge in [-0.25, -0.2) is 0 Å². The highest BCUT2D eigenvalue weighted by Gasteiger charge is 2.28. The Kier molecular flexibility index (Phi) is 4.71. The van der Waals surface area contributed by atoms with E-state index >= 15 is 0 Å². The van der Waals surface area contributed by atoms with Crippen molar-refractivity contribution in [1.29, 1.82) is 0 Å². The van der Waals surface area contributed by atoms with Crippen LogP contribution in [0.3, 0.4) is 0 Å². The lowest BCUT2D eigenvalue weighted by Gasteiger charge is -2.34. The fourth-order valence-corrected chi connectivity index (χ4v) is 3.00. The average molecular weight is 296 g/mol. The van der Waals surface area contributed by atoms with Crippen LogP contribution in [0.25, 0.3) is 0 Å². The van der Waals surface area contributed by atoms with Gasteiger partial charge in [0.05, 0.1) is 16.7 Å². The lowest BCUT2D eigenvalue weighted by molar-refractivity contribution is 0.0466. The van der Waals surface area contributed by atoms with Crippen molar-refractivity contribution in [3.05, 3.63) is 33.8 Å². The molecule has 1 aromatic rings. The third-order valence-electron chi connectivity index (χ3n) is 4.24. The smallest absolute Gasteiger partial charge is 0.255 e. The minimum atomic E-state index is -0.374. The molecule has 3 nitrogen and oxygen atoms in total. The summed E-state index contributed by atoms with van der Waals surface area (Å²) in [6.07, 6.45) is 1.53. The Morgan fingerprint density at radius 3 is 2.70 bits per heavy atom. The van der Waals surface area contributed by atoms with Crippen LogP contribution in [0.4, 0.5) is 0 Å². The summed E-state index contributed by atoms with van der Waals surface area (Å²) in [7, 11) is 0. The molecule has 1 aliphatic rings. The molecule has 2 rings (SSSR count). The molecule has 1 heterocycles. The largest absolute Gasteiger partial charge is 0.393 e. The first kappa shape index (κ1) is 15.3. The first-order chi connectivity index (χ1) is 9.40. The molecular weight excluding hydrogens is 274 g/mol. The normalized spacial score (nSPS) is 20.9. The number of likely N-dealkylation sites (tertiary alicyclic amines) is 1. The molecule has 110 valence electrons. The number of aliphatic hydroxyl groups is 1. The van der Waals surface area contributed by atoms with Gasteiger partial charge < -0.3 is 10.0 Å². The number of halogens is 1. The summed E-state index contributed by atoms with van der Waals surface area (Å²) < 4.78 is 0. The molecule has 2 atom stereocenters. The Morgan fingerprint density at radius 1 is 1.40 bits per heavy atom. The van der Waals surface area contributed by atoms with Crippen molar-refractivity contribution in [2.75, 3.05) is 13.1 Å². The standard InChI is InChI=1S/C16H22ClNO2/c1-10-7-14(15(17)8-11(10)2)16(20)18-6-4-5-13(9-18)12(3)19/h7-8,12-13,19H,4-6,9H2,1-3H3. The number of hydrogen-bond acceptors (Lipinski definition) is 2. The van der Waals surface area contributed by atoms with E-state index in [9.17, 15) is 9.90 Å². The summed E-state index contributed by atoms with van der Waals surface area (Å²) in [5.41, 5.74) is 2.73. The number of piperidine rings is 1. The molecule has 1 aromatic carbocycles. The molecule has 0 saturated carbocycles. The first-order valence-corrected chi connectivity index (χ1v) is 7.52. The Balaban J connectivity index is 2.21. The van der Waals surface area contributed by atoms with Crippen molar-refractivity contribution in [3.8, 4) is 0 Å². The van der Waals surface area contributed by atoms with E-state index in [1.807, 2.05) is 30.9 Å². The highest BCUT2D eigenvalue weighted by molar-refractivity contribution is 6.34. The topological polar surface area (TPSA) is 40.5 Å². The molecule has 1 saturated heterocycles. The quantitative estimate of drug-likeness (QED) is 0.910. The number of nitrogens with zero attached hydrogens (tertiary/aromatic N) is 1. The predicted octanol–water partition coefficient (Wildman–Crippen LogP) is 3.19. The zero-order valence-corrected chi connectivity index (χ0v) is 13.1. The van der Waals surface area contributed by atoms with Crippen molar-refractivity contribution in [2.45, 2.75) is 39.7 Å². The van der Waals surface area contributed by atoms with Gasteiger partial charge in [0, 0.05) is 19.0 Å². The fourth-order valence-electron chi connectivity index (χ4n) is 2.70. The molecule has 1 amide bonds. The molecule has 0 aromatic heterocycles. The molecule has 20 heavy (non-hydrogen) atoms. The van der Waals surface area contributed by atoms with E-state index in [0.717, 1.165) is 30.5 Å². The first-order valence-electron chi connectivity index (χ1n) is 7.14. The summed E-state index contributed by atoms with van der Waals surface area (Å²) in [4.78, 5) is 14.4. The maximum Gasteiger partial charge on any atom is 0.255 e. The van der Waals surface area contributed by atoms with Gasteiger partial charge in [0.2, 0.25) is 0 Å². The van der Waals surface area contributed by atoms with Gasteiger partial charge in [-0.15, -0.1) is 0 Å². The summed E-state index contributed by atoms with van der Waals surface area (Å²) in [5, 5.41) is 10.2. The third-order valence-corrected chi connectivity index (χ3v) is 4.55. The summed E-state index contributed by atoms with van der Waals surface area (Å²) in [6.45, 7) is 7.11. The zero-order chi connectivity index (χ0) is 14.9. The van der Waals surface area contributed by atoms with Crippen LogP contribution in [-0.2, 0) is 0 Å². The van der Waals surface area contributed by atoms with E-state index in [1.165, 1.54) is 0 Å². The van der Waals surface area contributed by atoms with Gasteiger partial charge in [0.1, 0.15) is 0 Å². The van der Waals surface area contributed by atoms with Gasteiger partial charge in [-0.2, -0.15) is 0 Å². The molecule has 1 aliphatic heterocycles. The van der Waals surface area contributed by atoms with Gasteiger partial charge in [-0.1, -0.05) is 11.6 Å². The van der Waals surface area contributed by atoms with E-state index in [-0.39, 0.29) is 17.9 Å². The predicted molar refractivity (Wildman–Crippen MR) is 81.2 cm³/mol. The minimum absolute atomic E-state index is 0.0246. The van der Waals surface area contributed by atoms with Crippen LogP contribution >= 0.6 is 11.6 Å². The number of rotatable bonds is 2. The molecule has 0 radical (unpaired) electrons. The Bertz CT molecular complexity index is 513. The maximum atomic E-state index is 12.6. The number of amides is 1. The van der Waals surface area contributed by atoms with Crippen LogP contribution in [-0.4, -0.2) is 35.1 Å². The molecule has 0 bridgehead atoms. The second-order valence-corrected chi connectivity index (χ2v) is 6.22. The van der Waals surface area contributed by atoms with Crippen molar-refractivity contribution in [1.82, 2.24) is 4.90 Å². The van der Waals surface area contributed by atoms with Gasteiger partial charge in [-0.05, 0) is 56.9 Å². The van der Waals surface area contributed by atoms with Crippen LogP contribution in [0.1, 0.15) is 41.3 Å². The van der Waals surface area contributed by atoms with E-state index in [0.29, 0.717) is 17.1 Å². The number of aryl methyl sites for hydroxylation is 2. The van der Waals surface area contributed by atoms with E-state index in [2.05, 4.69) is 0 Å². The summed E-state index contributed by atoms with van der Waals surface area (Å²) in [5.74, 6) is 0.140. The van der Waals surface area contributed by atoms with Crippen LogP contribution < -0.4 is 0 Å². The lowest BCUT2D eigenvalue weighted by atomic mass is 9.93. The number of benzene rings is 1. The van der Waals surface area contributed by atoms with Crippen molar-refractivity contribution in [2.24, 2.45) is 5.92 Å². The molecule has 1 fully saturated rings. The zero-order valence-electron chi connectivity index (χ0n) is 12.3. The van der Waals surface area contributed by atoms with Gasteiger partial charge >= 0.3 is 0 Å². The summed E-state index contributed by atoms with van der Waals surface area (Å²) >= 11 is 6.22. The van der Waals surface area contributed by atoms with Gasteiger partial charge in [0.25, 0.3) is 5.91 Å². The van der Waals surface area contributed by atoms with E-state index < -0.39 is 0 Å². The second kappa shape index (κ2) is 6.15. The van der Waals surface area contributed by atoms with E-state index in [4.69, 9.17) is 11.6 Å². The molecule has 2 unspecified atom stereocenters. The monoisotopic (exact) mass is 295 g/mol. The minimum Gasteiger partial charge on any atom is -0.393 e. The third kappa shape index (κ3) is 3.15. The summed E-state index contributed by atoms with van der Waals surface area (Å²) in [6, 6.07) is 3.71. The number of hydrogen-bond donors (Lipinski definition) is 1. The van der Waals surface area contributed by atoms with E-state index in [1.54, 1.807) is 6.92 Å². The second-order valence-electron chi connectivity index (χ2n) is 5.81. The number of aliphatic hydroxyl groups excluding tert-OH is 1. The van der Waals surface area contributed by atoms with Crippen LogP contribution in [0.5, 0.6) is 0 Å². The molecule has 0 aliphatic carbocycles. The molecule has 1 N–H and O–H groups in total. The molecule has 0 spiro atoms. The average Bonchev–Trinajstić information content (AvgIpc) is 2.42. The van der Waals surface area contributed by atoms with Crippen LogP contribution in [0.2, 0.25) is 5.02 Å². The van der Waals surface area contributed by atoms with Crippen LogP contribution in [0, 0.1) is 19.8 Å². The Labute approximate surface area is 125 Å². The van der Waals surface area contributed by atoms with Gasteiger partial charge in [-0.3, -0.25) is 4.79 Å². The Morgan fingerprint density at radius 2 is 2.05 bits per heavy atom. The molecule has 4 heteroatoms. The Hall–Kier alpha value is -1.06. The van der Waals surface area contributed by atoms with Crippen molar-refractivity contribution < 1.29 is 9.90 Å². The number of carbonyl (C=O) groups excluding carboxylic acids is 1. The van der Waals surface area contributed by atoms with Crippen molar-refractivity contribution in [3.63, 3.8) is 0 Å². The highest BCUT2D eigenvalue weighted by atomic mass is 35.5. The van der Waals surface area contributed by atoms with Gasteiger partial charge in [0.15, 0.2) is 0 Å². The molecular formula is C16H22ClNO2. The maximum absolute atomic E-state index is 12.6.